The van der Waals surface area contributed by atoms with Crippen molar-refractivity contribution < 1.29 is 4.52 Å². The molecule has 3 rings (SSSR count). The Morgan fingerprint density at radius 3 is 3.00 bits per heavy atom. The van der Waals surface area contributed by atoms with Crippen molar-refractivity contribution in [3.8, 4) is 11.3 Å². The first-order chi connectivity index (χ1) is 8.78. The van der Waals surface area contributed by atoms with Gasteiger partial charge in [0.05, 0.1) is 0 Å². The standard InChI is InChI=1S/C14H15N3O/c1-17-7-5-11-8-10(2-3-14(11)17)13-9-12(4-6-15)18-16-13/h2-3,5,7-9H,4,6,15H2,1H3. The van der Waals surface area contributed by atoms with E-state index in [1.165, 1.54) is 10.9 Å². The third kappa shape index (κ3) is 1.80. The Balaban J connectivity index is 2.02. The molecule has 3 aromatic rings. The molecule has 2 aromatic heterocycles. The van der Waals surface area contributed by atoms with Crippen LogP contribution in [0.4, 0.5) is 0 Å². The van der Waals surface area contributed by atoms with Crippen LogP contribution in [-0.2, 0) is 13.5 Å². The summed E-state index contributed by atoms with van der Waals surface area (Å²) in [7, 11) is 2.04. The van der Waals surface area contributed by atoms with Crippen LogP contribution in [0.5, 0.6) is 0 Å². The van der Waals surface area contributed by atoms with Crippen molar-refractivity contribution in [3.05, 3.63) is 42.3 Å². The van der Waals surface area contributed by atoms with E-state index >= 15 is 0 Å². The van der Waals surface area contributed by atoms with Crippen molar-refractivity contribution in [2.75, 3.05) is 6.54 Å². The van der Waals surface area contributed by atoms with E-state index in [2.05, 4.69) is 40.2 Å². The zero-order valence-electron chi connectivity index (χ0n) is 10.3. The largest absolute Gasteiger partial charge is 0.361 e. The van der Waals surface area contributed by atoms with Gasteiger partial charge in [0.2, 0.25) is 0 Å². The second-order valence-electron chi connectivity index (χ2n) is 4.42. The van der Waals surface area contributed by atoms with Crippen molar-refractivity contribution in [2.45, 2.75) is 6.42 Å². The fourth-order valence-corrected chi connectivity index (χ4v) is 2.15. The summed E-state index contributed by atoms with van der Waals surface area (Å²) in [5, 5.41) is 5.29. The Hall–Kier alpha value is -2.07. The van der Waals surface area contributed by atoms with Gasteiger partial charge < -0.3 is 14.8 Å². The highest BCUT2D eigenvalue weighted by atomic mass is 16.5. The summed E-state index contributed by atoms with van der Waals surface area (Å²) in [6, 6.07) is 10.3. The Kier molecular flexibility index (Phi) is 2.64. The lowest BCUT2D eigenvalue weighted by Gasteiger charge is -1.98. The molecule has 0 aliphatic heterocycles. The molecular weight excluding hydrogens is 226 g/mol. The molecule has 4 nitrogen and oxygen atoms in total. The van der Waals surface area contributed by atoms with E-state index in [9.17, 15) is 0 Å². The molecular formula is C14H15N3O. The molecule has 0 aliphatic rings. The van der Waals surface area contributed by atoms with Crippen LogP contribution in [-0.4, -0.2) is 16.3 Å². The smallest absolute Gasteiger partial charge is 0.138 e. The van der Waals surface area contributed by atoms with Gasteiger partial charge in [0, 0.05) is 42.2 Å². The topological polar surface area (TPSA) is 57.0 Å². The highest BCUT2D eigenvalue weighted by Crippen LogP contribution is 2.24. The highest BCUT2D eigenvalue weighted by molar-refractivity contribution is 5.84. The molecule has 4 heteroatoms. The minimum absolute atomic E-state index is 0.576. The molecule has 0 fully saturated rings. The van der Waals surface area contributed by atoms with Gasteiger partial charge in [-0.1, -0.05) is 11.2 Å². The number of fused-ring (bicyclic) bond motifs is 1. The Labute approximate surface area is 105 Å². The number of benzene rings is 1. The van der Waals surface area contributed by atoms with E-state index < -0.39 is 0 Å². The molecule has 0 aliphatic carbocycles. The quantitative estimate of drug-likeness (QED) is 0.765. The number of nitrogens with zero attached hydrogens (tertiary/aromatic N) is 2. The lowest BCUT2D eigenvalue weighted by molar-refractivity contribution is 0.386. The summed E-state index contributed by atoms with van der Waals surface area (Å²) in [5.74, 6) is 0.834. The molecule has 0 saturated heterocycles. The monoisotopic (exact) mass is 241 g/mol. The van der Waals surface area contributed by atoms with Crippen LogP contribution in [0.3, 0.4) is 0 Å². The van der Waals surface area contributed by atoms with Gasteiger partial charge >= 0.3 is 0 Å². The summed E-state index contributed by atoms with van der Waals surface area (Å²) < 4.78 is 7.34. The zero-order valence-corrected chi connectivity index (χ0v) is 10.3. The maximum Gasteiger partial charge on any atom is 0.138 e. The fraction of sp³-hybridized carbons (Fsp3) is 0.214. The third-order valence-corrected chi connectivity index (χ3v) is 3.13. The van der Waals surface area contributed by atoms with Crippen molar-refractivity contribution in [1.29, 1.82) is 0 Å². The van der Waals surface area contributed by atoms with Crippen LogP contribution in [0.2, 0.25) is 0 Å². The lowest BCUT2D eigenvalue weighted by atomic mass is 10.1. The van der Waals surface area contributed by atoms with Crippen molar-refractivity contribution >= 4 is 10.9 Å². The van der Waals surface area contributed by atoms with Gasteiger partial charge in [0.25, 0.3) is 0 Å². The Morgan fingerprint density at radius 1 is 1.28 bits per heavy atom. The average Bonchev–Trinajstić information content (AvgIpc) is 2.97. The van der Waals surface area contributed by atoms with Gasteiger partial charge in [-0.25, -0.2) is 0 Å². The molecule has 0 unspecified atom stereocenters. The van der Waals surface area contributed by atoms with Crippen molar-refractivity contribution in [1.82, 2.24) is 9.72 Å². The molecule has 0 bridgehead atoms. The molecule has 18 heavy (non-hydrogen) atoms. The molecule has 0 atom stereocenters. The summed E-state index contributed by atoms with van der Waals surface area (Å²) in [4.78, 5) is 0. The molecule has 2 N–H and O–H groups in total. The minimum atomic E-state index is 0.576. The third-order valence-electron chi connectivity index (χ3n) is 3.13. The van der Waals surface area contributed by atoms with Gasteiger partial charge in [-0.3, -0.25) is 0 Å². The lowest BCUT2D eigenvalue weighted by Crippen LogP contribution is -2.01. The van der Waals surface area contributed by atoms with Crippen LogP contribution in [0.25, 0.3) is 22.2 Å². The highest BCUT2D eigenvalue weighted by Gasteiger charge is 2.07. The van der Waals surface area contributed by atoms with Crippen LogP contribution < -0.4 is 5.73 Å². The maximum atomic E-state index is 5.50. The predicted octanol–water partition coefficient (Wildman–Crippen LogP) is 2.33. The number of nitrogens with two attached hydrogens (primary N) is 1. The van der Waals surface area contributed by atoms with Crippen LogP contribution in [0.15, 0.2) is 41.1 Å². The van der Waals surface area contributed by atoms with Crippen LogP contribution >= 0.6 is 0 Å². The number of aryl methyl sites for hydroxylation is 1. The summed E-state index contributed by atoms with van der Waals surface area (Å²) in [6.07, 6.45) is 2.78. The minimum Gasteiger partial charge on any atom is -0.361 e. The molecule has 0 spiro atoms. The van der Waals surface area contributed by atoms with Gasteiger partial charge in [0.1, 0.15) is 11.5 Å². The maximum absolute atomic E-state index is 5.50. The number of aromatic nitrogens is 2. The van der Waals surface area contributed by atoms with Crippen molar-refractivity contribution in [2.24, 2.45) is 12.8 Å². The molecule has 92 valence electrons. The average molecular weight is 241 g/mol. The van der Waals surface area contributed by atoms with E-state index in [1.54, 1.807) is 0 Å². The van der Waals surface area contributed by atoms with Gasteiger partial charge in [0.15, 0.2) is 0 Å². The first-order valence-electron chi connectivity index (χ1n) is 5.99. The van der Waals surface area contributed by atoms with Crippen LogP contribution in [0.1, 0.15) is 5.76 Å². The van der Waals surface area contributed by atoms with Gasteiger partial charge in [-0.15, -0.1) is 0 Å². The predicted molar refractivity (Wildman–Crippen MR) is 71.2 cm³/mol. The summed E-state index contributed by atoms with van der Waals surface area (Å²) in [6.45, 7) is 0.576. The van der Waals surface area contributed by atoms with E-state index in [1.807, 2.05) is 13.1 Å². The van der Waals surface area contributed by atoms with E-state index in [-0.39, 0.29) is 0 Å². The fourth-order valence-electron chi connectivity index (χ4n) is 2.15. The molecule has 2 heterocycles. The van der Waals surface area contributed by atoms with Gasteiger partial charge in [-0.2, -0.15) is 0 Å². The molecule has 0 saturated carbocycles. The second-order valence-corrected chi connectivity index (χ2v) is 4.42. The van der Waals surface area contributed by atoms with E-state index in [0.717, 1.165) is 23.4 Å². The molecule has 0 radical (unpaired) electrons. The molecule has 0 amide bonds. The summed E-state index contributed by atoms with van der Waals surface area (Å²) in [5.41, 5.74) is 8.64. The first-order valence-corrected chi connectivity index (χ1v) is 5.99. The number of hydrogen-bond acceptors (Lipinski definition) is 3. The summed E-state index contributed by atoms with van der Waals surface area (Å²) >= 11 is 0. The Bertz CT molecular complexity index is 681. The Morgan fingerprint density at radius 2 is 2.17 bits per heavy atom. The van der Waals surface area contributed by atoms with Crippen LogP contribution in [0, 0.1) is 0 Å². The van der Waals surface area contributed by atoms with E-state index in [0.29, 0.717) is 6.54 Å². The molecule has 1 aromatic carbocycles. The van der Waals surface area contributed by atoms with E-state index in [4.69, 9.17) is 10.3 Å². The SMILES string of the molecule is Cn1ccc2cc(-c3cc(CCN)on3)ccc21. The first kappa shape index (κ1) is 11.0. The number of rotatable bonds is 3. The number of hydrogen-bond donors (Lipinski definition) is 1. The zero-order chi connectivity index (χ0) is 12.5. The van der Waals surface area contributed by atoms with Crippen molar-refractivity contribution in [3.63, 3.8) is 0 Å². The van der Waals surface area contributed by atoms with Gasteiger partial charge in [-0.05, 0) is 24.7 Å². The normalized spacial score (nSPS) is 11.2. The second kappa shape index (κ2) is 4.31.